The zero-order chi connectivity index (χ0) is 17.0. The Morgan fingerprint density at radius 3 is 2.39 bits per heavy atom. The Morgan fingerprint density at radius 1 is 1.09 bits per heavy atom. The molecule has 0 spiro atoms. The van der Waals surface area contributed by atoms with Crippen LogP contribution >= 0.6 is 15.9 Å². The average molecular weight is 376 g/mol. The van der Waals surface area contributed by atoms with E-state index in [2.05, 4.69) is 21.2 Å². The molecule has 4 nitrogen and oxygen atoms in total. The number of rotatable bonds is 4. The Morgan fingerprint density at radius 2 is 1.74 bits per heavy atom. The van der Waals surface area contributed by atoms with Crippen LogP contribution in [0.15, 0.2) is 46.9 Å². The van der Waals surface area contributed by atoms with Crippen molar-refractivity contribution in [2.75, 3.05) is 5.32 Å². The Kier molecular flexibility index (Phi) is 5.55. The van der Waals surface area contributed by atoms with E-state index in [4.69, 9.17) is 4.74 Å². The third kappa shape index (κ3) is 4.42. The van der Waals surface area contributed by atoms with Crippen LogP contribution in [-0.2, 0) is 9.53 Å². The van der Waals surface area contributed by atoms with E-state index < -0.39 is 12.1 Å². The van der Waals surface area contributed by atoms with Crippen LogP contribution in [0.4, 0.5) is 5.69 Å². The highest BCUT2D eigenvalue weighted by atomic mass is 79.9. The number of hydrogen-bond donors (Lipinski definition) is 1. The fourth-order valence-corrected chi connectivity index (χ4v) is 2.25. The number of halogens is 1. The summed E-state index contributed by atoms with van der Waals surface area (Å²) in [6.45, 7) is 5.46. The first-order chi connectivity index (χ1) is 10.9. The van der Waals surface area contributed by atoms with Crippen molar-refractivity contribution in [1.82, 2.24) is 0 Å². The van der Waals surface area contributed by atoms with Gasteiger partial charge in [-0.25, -0.2) is 4.79 Å². The summed E-state index contributed by atoms with van der Waals surface area (Å²) in [6, 6.07) is 12.4. The van der Waals surface area contributed by atoms with Crippen LogP contribution in [0.3, 0.4) is 0 Å². The van der Waals surface area contributed by atoms with Crippen LogP contribution in [0.1, 0.15) is 28.4 Å². The van der Waals surface area contributed by atoms with Gasteiger partial charge >= 0.3 is 5.97 Å². The maximum atomic E-state index is 12.2. The van der Waals surface area contributed by atoms with E-state index in [0.717, 1.165) is 21.3 Å². The fourth-order valence-electron chi connectivity index (χ4n) is 1.99. The summed E-state index contributed by atoms with van der Waals surface area (Å²) in [6.07, 6.45) is -0.883. The van der Waals surface area contributed by atoms with Crippen molar-refractivity contribution in [3.63, 3.8) is 0 Å². The van der Waals surface area contributed by atoms with E-state index >= 15 is 0 Å². The minimum Gasteiger partial charge on any atom is -0.449 e. The second kappa shape index (κ2) is 7.42. The number of carbonyl (C=O) groups is 2. The number of carbonyl (C=O) groups excluding carboxylic acids is 2. The highest BCUT2D eigenvalue weighted by Gasteiger charge is 2.19. The van der Waals surface area contributed by atoms with Crippen molar-refractivity contribution in [3.05, 3.63) is 63.6 Å². The fraction of sp³-hybridized carbons (Fsp3) is 0.222. The smallest absolute Gasteiger partial charge is 0.338 e. The molecule has 23 heavy (non-hydrogen) atoms. The zero-order valence-electron chi connectivity index (χ0n) is 13.2. The molecule has 1 atom stereocenters. The minimum absolute atomic E-state index is 0.357. The lowest BCUT2D eigenvalue weighted by atomic mass is 10.1. The number of aryl methyl sites for hydroxylation is 1. The molecule has 0 unspecified atom stereocenters. The first-order valence-corrected chi connectivity index (χ1v) is 8.01. The lowest BCUT2D eigenvalue weighted by Gasteiger charge is -2.15. The number of amides is 1. The van der Waals surface area contributed by atoms with Gasteiger partial charge in [0.2, 0.25) is 0 Å². The quantitative estimate of drug-likeness (QED) is 0.812. The number of anilines is 1. The first kappa shape index (κ1) is 17.2. The van der Waals surface area contributed by atoms with E-state index in [9.17, 15) is 9.59 Å². The van der Waals surface area contributed by atoms with Gasteiger partial charge in [0.25, 0.3) is 5.91 Å². The van der Waals surface area contributed by atoms with Crippen LogP contribution in [0.25, 0.3) is 0 Å². The maximum Gasteiger partial charge on any atom is 0.338 e. The summed E-state index contributed by atoms with van der Waals surface area (Å²) < 4.78 is 6.08. The van der Waals surface area contributed by atoms with Crippen molar-refractivity contribution >= 4 is 33.5 Å². The van der Waals surface area contributed by atoms with Gasteiger partial charge in [-0.05, 0) is 62.2 Å². The van der Waals surface area contributed by atoms with Crippen LogP contribution in [-0.4, -0.2) is 18.0 Å². The Hall–Kier alpha value is -2.14. The molecular weight excluding hydrogens is 358 g/mol. The van der Waals surface area contributed by atoms with Crippen LogP contribution < -0.4 is 5.32 Å². The molecule has 5 heteroatoms. The monoisotopic (exact) mass is 375 g/mol. The van der Waals surface area contributed by atoms with E-state index in [0.29, 0.717) is 5.56 Å². The number of benzene rings is 2. The summed E-state index contributed by atoms with van der Waals surface area (Å²) >= 11 is 3.30. The van der Waals surface area contributed by atoms with Gasteiger partial charge < -0.3 is 10.1 Å². The molecule has 0 bridgehead atoms. The summed E-state index contributed by atoms with van der Waals surface area (Å²) in [7, 11) is 0. The second-order valence-corrected chi connectivity index (χ2v) is 6.21. The molecule has 0 aliphatic rings. The molecule has 2 aromatic carbocycles. The lowest BCUT2D eigenvalue weighted by molar-refractivity contribution is -0.123. The van der Waals surface area contributed by atoms with Gasteiger partial charge in [-0.1, -0.05) is 28.1 Å². The van der Waals surface area contributed by atoms with Crippen LogP contribution in [0.2, 0.25) is 0 Å². The standard InChI is InChI=1S/C18H18BrNO3/c1-11-5-4-6-16(12(11)2)20-17(21)13(3)23-18(22)14-7-9-15(19)10-8-14/h4-10,13H,1-3H3,(H,20,21)/t13-/m1/s1. The molecular formula is C18H18BrNO3. The molecule has 0 radical (unpaired) electrons. The van der Waals surface area contributed by atoms with Crippen molar-refractivity contribution in [3.8, 4) is 0 Å². The summed E-state index contributed by atoms with van der Waals surface area (Å²) in [5.74, 6) is -0.884. The molecule has 0 aliphatic heterocycles. The van der Waals surface area contributed by atoms with Gasteiger partial charge in [-0.15, -0.1) is 0 Å². The van der Waals surface area contributed by atoms with Gasteiger partial charge in [-0.2, -0.15) is 0 Å². The largest absolute Gasteiger partial charge is 0.449 e. The summed E-state index contributed by atoms with van der Waals surface area (Å²) in [5.41, 5.74) is 3.20. The van der Waals surface area contributed by atoms with E-state index in [1.54, 1.807) is 31.2 Å². The molecule has 2 rings (SSSR count). The zero-order valence-corrected chi connectivity index (χ0v) is 14.8. The molecule has 0 aromatic heterocycles. The van der Waals surface area contributed by atoms with Crippen LogP contribution in [0.5, 0.6) is 0 Å². The van der Waals surface area contributed by atoms with E-state index in [-0.39, 0.29) is 5.91 Å². The highest BCUT2D eigenvalue weighted by Crippen LogP contribution is 2.18. The highest BCUT2D eigenvalue weighted by molar-refractivity contribution is 9.10. The topological polar surface area (TPSA) is 55.4 Å². The molecule has 0 aliphatic carbocycles. The molecule has 1 amide bonds. The van der Waals surface area contributed by atoms with Crippen LogP contribution in [0, 0.1) is 13.8 Å². The Bertz CT molecular complexity index is 726. The molecule has 1 N–H and O–H groups in total. The lowest BCUT2D eigenvalue weighted by Crippen LogP contribution is -2.30. The van der Waals surface area contributed by atoms with Gasteiger partial charge in [0.05, 0.1) is 5.56 Å². The van der Waals surface area contributed by atoms with Gasteiger partial charge in [-0.3, -0.25) is 4.79 Å². The third-order valence-corrected chi connectivity index (χ3v) is 4.12. The first-order valence-electron chi connectivity index (χ1n) is 7.22. The Balaban J connectivity index is 2.01. The van der Waals surface area contributed by atoms with Gasteiger partial charge in [0.15, 0.2) is 6.10 Å². The molecule has 0 saturated carbocycles. The second-order valence-electron chi connectivity index (χ2n) is 5.29. The summed E-state index contributed by atoms with van der Waals surface area (Å²) in [4.78, 5) is 24.2. The number of esters is 1. The maximum absolute atomic E-state index is 12.2. The number of ether oxygens (including phenoxy) is 1. The van der Waals surface area contributed by atoms with E-state index in [1.165, 1.54) is 0 Å². The number of nitrogens with one attached hydrogen (secondary N) is 1. The predicted molar refractivity (Wildman–Crippen MR) is 93.6 cm³/mol. The van der Waals surface area contributed by atoms with Crippen molar-refractivity contribution < 1.29 is 14.3 Å². The predicted octanol–water partition coefficient (Wildman–Crippen LogP) is 4.25. The van der Waals surface area contributed by atoms with Gasteiger partial charge in [0, 0.05) is 10.2 Å². The normalized spacial score (nSPS) is 11.7. The average Bonchev–Trinajstić information content (AvgIpc) is 2.52. The Labute approximate surface area is 144 Å². The molecule has 120 valence electrons. The van der Waals surface area contributed by atoms with Crippen molar-refractivity contribution in [2.24, 2.45) is 0 Å². The molecule has 0 fully saturated rings. The minimum atomic E-state index is -0.883. The van der Waals surface area contributed by atoms with Crippen molar-refractivity contribution in [2.45, 2.75) is 26.9 Å². The third-order valence-electron chi connectivity index (χ3n) is 3.60. The van der Waals surface area contributed by atoms with Crippen molar-refractivity contribution in [1.29, 1.82) is 0 Å². The molecule has 2 aromatic rings. The molecule has 0 heterocycles. The van der Waals surface area contributed by atoms with Gasteiger partial charge in [0.1, 0.15) is 0 Å². The SMILES string of the molecule is Cc1cccc(NC(=O)[C@@H](C)OC(=O)c2ccc(Br)cc2)c1C. The summed E-state index contributed by atoms with van der Waals surface area (Å²) in [5, 5.41) is 2.79. The van der Waals surface area contributed by atoms with E-state index in [1.807, 2.05) is 32.0 Å². The number of hydrogen-bond acceptors (Lipinski definition) is 3. The molecule has 0 saturated heterocycles.